The Bertz CT molecular complexity index is 857. The third-order valence-electron chi connectivity index (χ3n) is 5.74. The molecule has 1 amide bonds. The molecule has 1 aliphatic heterocycles. The van der Waals surface area contributed by atoms with Crippen molar-refractivity contribution in [3.05, 3.63) is 52.7 Å². The predicted octanol–water partition coefficient (Wildman–Crippen LogP) is 6.03. The van der Waals surface area contributed by atoms with Crippen molar-refractivity contribution in [1.29, 1.82) is 0 Å². The van der Waals surface area contributed by atoms with Crippen LogP contribution in [0.25, 0.3) is 10.6 Å². The quantitative estimate of drug-likeness (QED) is 0.637. The predicted molar refractivity (Wildman–Crippen MR) is 112 cm³/mol. The second-order valence-electron chi connectivity index (χ2n) is 8.72. The summed E-state index contributed by atoms with van der Waals surface area (Å²) in [4.78, 5) is 19.8. The number of allylic oxidation sites excluding steroid dienone is 2. The number of carbonyl (C=O) groups excluding carboxylic acids is 1. The Morgan fingerprint density at radius 2 is 1.89 bits per heavy atom. The van der Waals surface area contributed by atoms with Crippen molar-refractivity contribution in [2.45, 2.75) is 58.3 Å². The number of amides is 1. The summed E-state index contributed by atoms with van der Waals surface area (Å²) in [5, 5.41) is 2.84. The molecule has 0 spiro atoms. The minimum absolute atomic E-state index is 0.0710. The normalized spacial score (nSPS) is 20.2. The van der Waals surface area contributed by atoms with Gasteiger partial charge in [-0.2, -0.15) is 0 Å². The van der Waals surface area contributed by atoms with Gasteiger partial charge in [0.15, 0.2) is 0 Å². The molecule has 1 aromatic carbocycles. The van der Waals surface area contributed by atoms with Gasteiger partial charge in [-0.3, -0.25) is 4.79 Å². The number of piperidine rings is 1. The Labute approximate surface area is 166 Å². The van der Waals surface area contributed by atoms with Gasteiger partial charge in [0.2, 0.25) is 0 Å². The first-order valence-corrected chi connectivity index (χ1v) is 10.9. The number of likely N-dealkylation sites (tertiary alicyclic amines) is 1. The number of thiazole rings is 1. The Morgan fingerprint density at radius 1 is 1.15 bits per heavy atom. The maximum absolute atomic E-state index is 13.1. The topological polar surface area (TPSA) is 33.2 Å². The van der Waals surface area contributed by atoms with E-state index >= 15 is 0 Å². The van der Waals surface area contributed by atoms with Gasteiger partial charge in [-0.15, -0.1) is 11.3 Å². The van der Waals surface area contributed by atoms with Crippen molar-refractivity contribution in [3.63, 3.8) is 0 Å². The van der Waals surface area contributed by atoms with E-state index in [-0.39, 0.29) is 11.3 Å². The summed E-state index contributed by atoms with van der Waals surface area (Å²) in [6, 6.07) is 8.57. The average molecular weight is 381 g/mol. The molecule has 2 aromatic rings. The maximum atomic E-state index is 13.1. The Kier molecular flexibility index (Phi) is 4.94. The molecule has 0 bridgehead atoms. The van der Waals surface area contributed by atoms with E-state index in [0.717, 1.165) is 30.0 Å². The fraction of sp³-hybridized carbons (Fsp3) is 0.478. The van der Waals surface area contributed by atoms with Crippen LogP contribution in [0.4, 0.5) is 0 Å². The molecule has 1 aromatic heterocycles. The van der Waals surface area contributed by atoms with Gasteiger partial charge in [0.25, 0.3) is 5.91 Å². The molecule has 1 fully saturated rings. The standard InChI is InChI=1S/C23H28N2OS/c1-23(2,3)18-12-10-17(11-13-18)21-24-19(15-27-21)22(26)25-14-6-8-16-7-4-5-9-20(16)25/h9-13,15-16H,4-8,14H2,1-3H3. The van der Waals surface area contributed by atoms with E-state index in [0.29, 0.717) is 11.6 Å². The van der Waals surface area contributed by atoms with E-state index in [9.17, 15) is 4.79 Å². The van der Waals surface area contributed by atoms with Crippen LogP contribution in [0.3, 0.4) is 0 Å². The van der Waals surface area contributed by atoms with Crippen molar-refractivity contribution in [3.8, 4) is 10.6 Å². The lowest BCUT2D eigenvalue weighted by molar-refractivity contribution is 0.0744. The van der Waals surface area contributed by atoms with E-state index < -0.39 is 0 Å². The number of benzene rings is 1. The van der Waals surface area contributed by atoms with Gasteiger partial charge in [-0.25, -0.2) is 4.98 Å². The molecule has 4 rings (SSSR count). The Morgan fingerprint density at radius 3 is 2.63 bits per heavy atom. The van der Waals surface area contributed by atoms with Gasteiger partial charge in [-0.1, -0.05) is 51.1 Å². The molecule has 2 heterocycles. The summed E-state index contributed by atoms with van der Waals surface area (Å²) in [5.74, 6) is 0.640. The zero-order chi connectivity index (χ0) is 19.0. The molecular formula is C23H28N2OS. The lowest BCUT2D eigenvalue weighted by Gasteiger charge is -2.37. The SMILES string of the molecule is CC(C)(C)c1ccc(-c2nc(C(=O)N3CCCC4CCCC=C43)cs2)cc1. The molecule has 1 aliphatic carbocycles. The second kappa shape index (κ2) is 7.23. The number of fused-ring (bicyclic) bond motifs is 1. The molecule has 0 radical (unpaired) electrons. The first-order valence-electron chi connectivity index (χ1n) is 10.0. The second-order valence-corrected chi connectivity index (χ2v) is 9.58. The number of rotatable bonds is 2. The molecule has 1 saturated heterocycles. The van der Waals surface area contributed by atoms with E-state index in [2.05, 4.69) is 56.1 Å². The van der Waals surface area contributed by atoms with E-state index in [1.54, 1.807) is 11.3 Å². The highest BCUT2D eigenvalue weighted by atomic mass is 32.1. The highest BCUT2D eigenvalue weighted by Gasteiger charge is 2.31. The number of carbonyl (C=O) groups is 1. The molecule has 3 nitrogen and oxygen atoms in total. The summed E-state index contributed by atoms with van der Waals surface area (Å²) in [6.45, 7) is 7.48. The largest absolute Gasteiger partial charge is 0.311 e. The number of aromatic nitrogens is 1. The van der Waals surface area contributed by atoms with Crippen LogP contribution in [0.2, 0.25) is 0 Å². The number of hydrogen-bond acceptors (Lipinski definition) is 3. The molecule has 1 unspecified atom stereocenters. The first-order chi connectivity index (χ1) is 12.9. The molecule has 4 heteroatoms. The lowest BCUT2D eigenvalue weighted by atomic mass is 9.85. The third kappa shape index (κ3) is 3.73. The molecule has 2 aliphatic rings. The summed E-state index contributed by atoms with van der Waals surface area (Å²) in [5.41, 5.74) is 4.37. The van der Waals surface area contributed by atoms with Gasteiger partial charge in [0.1, 0.15) is 10.7 Å². The van der Waals surface area contributed by atoms with E-state index in [1.165, 1.54) is 30.5 Å². The monoisotopic (exact) mass is 380 g/mol. The average Bonchev–Trinajstić information content (AvgIpc) is 3.16. The smallest absolute Gasteiger partial charge is 0.277 e. The zero-order valence-corrected chi connectivity index (χ0v) is 17.3. The van der Waals surface area contributed by atoms with Crippen LogP contribution in [0.15, 0.2) is 41.4 Å². The summed E-state index contributed by atoms with van der Waals surface area (Å²) >= 11 is 1.56. The number of hydrogen-bond donors (Lipinski definition) is 0. The minimum Gasteiger partial charge on any atom is -0.311 e. The Hall–Kier alpha value is -1.94. The minimum atomic E-state index is 0.0710. The van der Waals surface area contributed by atoms with E-state index in [4.69, 9.17) is 0 Å². The summed E-state index contributed by atoms with van der Waals surface area (Å²) in [7, 11) is 0. The van der Waals surface area contributed by atoms with Crippen LogP contribution >= 0.6 is 11.3 Å². The van der Waals surface area contributed by atoms with Crippen LogP contribution in [0.1, 0.15) is 68.9 Å². The zero-order valence-electron chi connectivity index (χ0n) is 16.5. The van der Waals surface area contributed by atoms with Crippen LogP contribution < -0.4 is 0 Å². The van der Waals surface area contributed by atoms with Gasteiger partial charge in [0, 0.05) is 23.2 Å². The van der Waals surface area contributed by atoms with Crippen molar-refractivity contribution in [1.82, 2.24) is 9.88 Å². The highest BCUT2D eigenvalue weighted by Crippen LogP contribution is 2.36. The van der Waals surface area contributed by atoms with Crippen molar-refractivity contribution >= 4 is 17.2 Å². The molecule has 142 valence electrons. The first kappa shape index (κ1) is 18.4. The van der Waals surface area contributed by atoms with Crippen molar-refractivity contribution < 1.29 is 4.79 Å². The van der Waals surface area contributed by atoms with Crippen molar-refractivity contribution in [2.24, 2.45) is 5.92 Å². The van der Waals surface area contributed by atoms with Gasteiger partial charge in [0.05, 0.1) is 0 Å². The van der Waals surface area contributed by atoms with Crippen LogP contribution in [0, 0.1) is 5.92 Å². The lowest BCUT2D eigenvalue weighted by Crippen LogP contribution is -2.39. The van der Waals surface area contributed by atoms with E-state index in [1.807, 2.05) is 10.3 Å². The fourth-order valence-corrected chi connectivity index (χ4v) is 4.95. The molecule has 0 N–H and O–H groups in total. The summed E-state index contributed by atoms with van der Waals surface area (Å²) in [6.07, 6.45) is 8.17. The summed E-state index contributed by atoms with van der Waals surface area (Å²) < 4.78 is 0. The highest BCUT2D eigenvalue weighted by molar-refractivity contribution is 7.13. The van der Waals surface area contributed by atoms with Gasteiger partial charge in [-0.05, 0) is 49.0 Å². The molecule has 27 heavy (non-hydrogen) atoms. The molecular weight excluding hydrogens is 352 g/mol. The third-order valence-corrected chi connectivity index (χ3v) is 6.63. The van der Waals surface area contributed by atoms with Gasteiger partial charge >= 0.3 is 0 Å². The maximum Gasteiger partial charge on any atom is 0.277 e. The number of nitrogens with zero attached hydrogens (tertiary/aromatic N) is 2. The Balaban J connectivity index is 1.55. The fourth-order valence-electron chi connectivity index (χ4n) is 4.15. The van der Waals surface area contributed by atoms with Crippen molar-refractivity contribution in [2.75, 3.05) is 6.54 Å². The van der Waals surface area contributed by atoms with Crippen LogP contribution in [-0.2, 0) is 5.41 Å². The van der Waals surface area contributed by atoms with Crippen LogP contribution in [0.5, 0.6) is 0 Å². The molecule has 1 atom stereocenters. The van der Waals surface area contributed by atoms with Gasteiger partial charge < -0.3 is 4.90 Å². The van der Waals surface area contributed by atoms with Crippen LogP contribution in [-0.4, -0.2) is 22.3 Å². The molecule has 0 saturated carbocycles.